The Bertz CT molecular complexity index is 600. The molecule has 3 rings (SSSR count). The minimum atomic E-state index is 0.825. The van der Waals surface area contributed by atoms with Crippen molar-refractivity contribution in [1.29, 1.82) is 0 Å². The van der Waals surface area contributed by atoms with Gasteiger partial charge in [-0.25, -0.2) is 4.52 Å². The molecule has 0 spiro atoms. The lowest BCUT2D eigenvalue weighted by molar-refractivity contribution is 0.913. The van der Waals surface area contributed by atoms with E-state index in [1.165, 1.54) is 5.56 Å². The van der Waals surface area contributed by atoms with Crippen molar-refractivity contribution in [1.82, 2.24) is 19.8 Å². The van der Waals surface area contributed by atoms with Gasteiger partial charge in [-0.15, -0.1) is 10.2 Å². The number of nitrogens with zero attached hydrogens (tertiary/aromatic N) is 4. The van der Waals surface area contributed by atoms with Gasteiger partial charge in [0.2, 0.25) is 0 Å². The maximum absolute atomic E-state index is 4.14. The Morgan fingerprint density at radius 1 is 1.06 bits per heavy atom. The standard InChI is InChI=1S/C12H10N4/c1-2-4-10(5-3-1)8-11-6-7-14-16-9-13-15-12(11)16/h1-7,9H,8H2. The van der Waals surface area contributed by atoms with Gasteiger partial charge in [-0.2, -0.15) is 5.10 Å². The molecule has 2 heterocycles. The first-order valence-electron chi connectivity index (χ1n) is 5.11. The zero-order chi connectivity index (χ0) is 10.8. The zero-order valence-corrected chi connectivity index (χ0v) is 8.61. The number of hydrogen-bond donors (Lipinski definition) is 0. The molecule has 78 valence electrons. The van der Waals surface area contributed by atoms with Crippen LogP contribution >= 0.6 is 0 Å². The monoisotopic (exact) mass is 210 g/mol. The van der Waals surface area contributed by atoms with Gasteiger partial charge in [-0.3, -0.25) is 0 Å². The van der Waals surface area contributed by atoms with E-state index in [1.54, 1.807) is 17.0 Å². The van der Waals surface area contributed by atoms with Crippen molar-refractivity contribution < 1.29 is 0 Å². The highest BCUT2D eigenvalue weighted by Crippen LogP contribution is 2.12. The van der Waals surface area contributed by atoms with E-state index in [9.17, 15) is 0 Å². The van der Waals surface area contributed by atoms with E-state index in [0.29, 0.717) is 0 Å². The Morgan fingerprint density at radius 2 is 1.94 bits per heavy atom. The van der Waals surface area contributed by atoms with Gasteiger partial charge in [0.1, 0.15) is 6.33 Å². The molecule has 0 atom stereocenters. The molecule has 0 aliphatic carbocycles. The molecule has 0 bridgehead atoms. The Morgan fingerprint density at radius 3 is 2.81 bits per heavy atom. The Balaban J connectivity index is 2.04. The van der Waals surface area contributed by atoms with E-state index in [4.69, 9.17) is 0 Å². The van der Waals surface area contributed by atoms with Crippen LogP contribution in [-0.4, -0.2) is 19.8 Å². The minimum absolute atomic E-state index is 0.825. The lowest BCUT2D eigenvalue weighted by Gasteiger charge is -2.02. The molecule has 4 heteroatoms. The summed E-state index contributed by atoms with van der Waals surface area (Å²) in [6.07, 6.45) is 4.24. The van der Waals surface area contributed by atoms with E-state index in [1.807, 2.05) is 24.3 Å². The third-order valence-electron chi connectivity index (χ3n) is 2.52. The van der Waals surface area contributed by atoms with Gasteiger partial charge < -0.3 is 0 Å². The second kappa shape index (κ2) is 3.73. The van der Waals surface area contributed by atoms with Crippen LogP contribution in [0.2, 0.25) is 0 Å². The molecule has 4 nitrogen and oxygen atoms in total. The smallest absolute Gasteiger partial charge is 0.181 e. The van der Waals surface area contributed by atoms with E-state index in [-0.39, 0.29) is 0 Å². The molecule has 0 N–H and O–H groups in total. The van der Waals surface area contributed by atoms with Crippen LogP contribution in [0.15, 0.2) is 48.9 Å². The highest BCUT2D eigenvalue weighted by atomic mass is 15.3. The molecule has 0 saturated heterocycles. The fourth-order valence-electron chi connectivity index (χ4n) is 1.75. The average molecular weight is 210 g/mol. The summed E-state index contributed by atoms with van der Waals surface area (Å²) in [4.78, 5) is 0. The quantitative estimate of drug-likeness (QED) is 0.646. The van der Waals surface area contributed by atoms with Crippen LogP contribution in [0, 0.1) is 0 Å². The van der Waals surface area contributed by atoms with Gasteiger partial charge in [0.15, 0.2) is 5.65 Å². The summed E-state index contributed by atoms with van der Waals surface area (Å²) in [6.45, 7) is 0. The molecule has 0 amide bonds. The summed E-state index contributed by atoms with van der Waals surface area (Å²) in [7, 11) is 0. The zero-order valence-electron chi connectivity index (χ0n) is 8.61. The van der Waals surface area contributed by atoms with Crippen LogP contribution in [0.25, 0.3) is 5.65 Å². The van der Waals surface area contributed by atoms with Crippen LogP contribution in [-0.2, 0) is 6.42 Å². The molecule has 1 aromatic carbocycles. The Kier molecular flexibility index (Phi) is 2.11. The number of aromatic nitrogens is 4. The first-order valence-corrected chi connectivity index (χ1v) is 5.11. The highest BCUT2D eigenvalue weighted by Gasteiger charge is 2.04. The lowest BCUT2D eigenvalue weighted by Crippen LogP contribution is -1.96. The van der Waals surface area contributed by atoms with Crippen molar-refractivity contribution >= 4 is 5.65 Å². The van der Waals surface area contributed by atoms with Crippen LogP contribution in [0.5, 0.6) is 0 Å². The largest absolute Gasteiger partial charge is 0.200 e. The number of fused-ring (bicyclic) bond motifs is 1. The third-order valence-corrected chi connectivity index (χ3v) is 2.52. The SMILES string of the molecule is c1ccc(Cc2ccnn3cnnc23)cc1. The van der Waals surface area contributed by atoms with Crippen molar-refractivity contribution in [3.63, 3.8) is 0 Å². The molecule has 0 fully saturated rings. The lowest BCUT2D eigenvalue weighted by atomic mass is 10.1. The summed E-state index contributed by atoms with van der Waals surface area (Å²) in [5.74, 6) is 0. The minimum Gasteiger partial charge on any atom is -0.200 e. The third kappa shape index (κ3) is 1.54. The van der Waals surface area contributed by atoms with Crippen molar-refractivity contribution in [2.24, 2.45) is 0 Å². The van der Waals surface area contributed by atoms with Crippen molar-refractivity contribution in [3.8, 4) is 0 Å². The van der Waals surface area contributed by atoms with Gasteiger partial charge in [0, 0.05) is 18.2 Å². The highest BCUT2D eigenvalue weighted by molar-refractivity contribution is 5.47. The van der Waals surface area contributed by atoms with Gasteiger partial charge >= 0.3 is 0 Å². The fourth-order valence-corrected chi connectivity index (χ4v) is 1.75. The summed E-state index contributed by atoms with van der Waals surface area (Å²) in [5.41, 5.74) is 3.23. The molecule has 0 aliphatic heterocycles. The molecule has 0 unspecified atom stereocenters. The Hall–Kier alpha value is -2.23. The van der Waals surface area contributed by atoms with Crippen LogP contribution < -0.4 is 0 Å². The van der Waals surface area contributed by atoms with Crippen molar-refractivity contribution in [3.05, 3.63) is 60.0 Å². The number of hydrogen-bond acceptors (Lipinski definition) is 3. The topological polar surface area (TPSA) is 43.1 Å². The fraction of sp³-hybridized carbons (Fsp3) is 0.0833. The second-order valence-corrected chi connectivity index (χ2v) is 3.62. The second-order valence-electron chi connectivity index (χ2n) is 3.62. The van der Waals surface area contributed by atoms with Crippen LogP contribution in [0.3, 0.4) is 0 Å². The molecule has 16 heavy (non-hydrogen) atoms. The van der Waals surface area contributed by atoms with Gasteiger partial charge in [0.25, 0.3) is 0 Å². The van der Waals surface area contributed by atoms with Crippen LogP contribution in [0.4, 0.5) is 0 Å². The number of rotatable bonds is 2. The summed E-state index contributed by atoms with van der Waals surface area (Å²) in [6, 6.07) is 12.3. The maximum atomic E-state index is 4.14. The van der Waals surface area contributed by atoms with Gasteiger partial charge in [0.05, 0.1) is 0 Å². The van der Waals surface area contributed by atoms with E-state index in [2.05, 4.69) is 27.4 Å². The predicted octanol–water partition coefficient (Wildman–Crippen LogP) is 1.72. The summed E-state index contributed by atoms with van der Waals surface area (Å²) < 4.78 is 1.69. The Labute approximate surface area is 92.6 Å². The van der Waals surface area contributed by atoms with Crippen LogP contribution in [0.1, 0.15) is 11.1 Å². The molecule has 2 aromatic heterocycles. The average Bonchev–Trinajstić information content (AvgIpc) is 2.80. The summed E-state index contributed by atoms with van der Waals surface area (Å²) in [5, 5.41) is 12.1. The first kappa shape index (κ1) is 9.03. The molecule has 0 aliphatic rings. The molecule has 0 saturated carbocycles. The van der Waals surface area contributed by atoms with Crippen molar-refractivity contribution in [2.45, 2.75) is 6.42 Å². The number of benzene rings is 1. The predicted molar refractivity (Wildman–Crippen MR) is 60.0 cm³/mol. The summed E-state index contributed by atoms with van der Waals surface area (Å²) >= 11 is 0. The van der Waals surface area contributed by atoms with Gasteiger partial charge in [-0.1, -0.05) is 30.3 Å². The molecule has 3 aromatic rings. The normalized spacial score (nSPS) is 10.8. The molecular formula is C12H10N4. The molecular weight excluding hydrogens is 200 g/mol. The van der Waals surface area contributed by atoms with E-state index in [0.717, 1.165) is 17.6 Å². The first-order chi connectivity index (χ1) is 7.93. The molecule has 0 radical (unpaired) electrons. The van der Waals surface area contributed by atoms with Gasteiger partial charge in [-0.05, 0) is 11.6 Å². The van der Waals surface area contributed by atoms with Crippen molar-refractivity contribution in [2.75, 3.05) is 0 Å². The van der Waals surface area contributed by atoms with E-state index < -0.39 is 0 Å². The maximum Gasteiger partial charge on any atom is 0.181 e. The van der Waals surface area contributed by atoms with E-state index >= 15 is 0 Å².